The second-order valence-electron chi connectivity index (χ2n) is 8.88. The number of carbonyl (C=O) groups excluding carboxylic acids is 1. The zero-order chi connectivity index (χ0) is 28.0. The maximum atomic E-state index is 14.7. The summed E-state index contributed by atoms with van der Waals surface area (Å²) in [6.07, 6.45) is 3.51. The van der Waals surface area contributed by atoms with Crippen LogP contribution in [-0.2, 0) is 4.79 Å². The van der Waals surface area contributed by atoms with Crippen molar-refractivity contribution in [3.8, 4) is 5.75 Å². The highest BCUT2D eigenvalue weighted by Gasteiger charge is 2.29. The zero-order valence-corrected chi connectivity index (χ0v) is 23.1. The predicted molar refractivity (Wildman–Crippen MR) is 150 cm³/mol. The van der Waals surface area contributed by atoms with Gasteiger partial charge in [0, 0.05) is 17.1 Å². The van der Waals surface area contributed by atoms with E-state index in [0.29, 0.717) is 11.4 Å². The molecule has 0 fully saturated rings. The average Bonchev–Trinajstić information content (AvgIpc) is 2.85. The molecule has 1 unspecified atom stereocenters. The molecule has 2 N–H and O–H groups in total. The van der Waals surface area contributed by atoms with Crippen molar-refractivity contribution in [1.29, 1.82) is 0 Å². The smallest absolute Gasteiger partial charge is 0.347 e. The fraction of sp³-hybridized carbons (Fsp3) is 0.214. The first-order valence-electron chi connectivity index (χ1n) is 11.5. The maximum Gasteiger partial charge on any atom is 0.347 e. The molecule has 10 heteroatoms. The van der Waals surface area contributed by atoms with Gasteiger partial charge in [0.2, 0.25) is 0 Å². The number of aliphatic carboxylic acids is 1. The summed E-state index contributed by atoms with van der Waals surface area (Å²) in [6, 6.07) is 14.7. The molecule has 0 spiro atoms. The van der Waals surface area contributed by atoms with E-state index in [-0.39, 0.29) is 27.2 Å². The molecule has 0 aromatic heterocycles. The fourth-order valence-corrected chi connectivity index (χ4v) is 4.23. The molecule has 0 radical (unpaired) electrons. The van der Waals surface area contributed by atoms with E-state index >= 15 is 0 Å². The summed E-state index contributed by atoms with van der Waals surface area (Å²) in [5.41, 5.74) is -0.107. The van der Waals surface area contributed by atoms with Crippen molar-refractivity contribution in [3.05, 3.63) is 98.8 Å². The Morgan fingerprint density at radius 1 is 1.05 bits per heavy atom. The van der Waals surface area contributed by atoms with Crippen LogP contribution in [0.25, 0.3) is 6.08 Å². The largest absolute Gasteiger partial charge is 0.478 e. The lowest BCUT2D eigenvalue weighted by Gasteiger charge is -2.30. The number of amides is 2. The Kier molecular flexibility index (Phi) is 9.66. The van der Waals surface area contributed by atoms with Gasteiger partial charge in [-0.3, -0.25) is 0 Å². The van der Waals surface area contributed by atoms with Crippen molar-refractivity contribution in [2.75, 3.05) is 11.9 Å². The van der Waals surface area contributed by atoms with Gasteiger partial charge < -0.3 is 20.1 Å². The van der Waals surface area contributed by atoms with Crippen LogP contribution in [0, 0.1) is 5.82 Å². The Labute approximate surface area is 235 Å². The van der Waals surface area contributed by atoms with Crippen LogP contribution in [0.4, 0.5) is 14.9 Å². The first kappa shape index (κ1) is 29.3. The van der Waals surface area contributed by atoms with E-state index in [1.165, 1.54) is 30.9 Å². The molecule has 200 valence electrons. The number of ether oxygens (including phenoxy) is 1. The third kappa shape index (κ3) is 7.19. The third-order valence-corrected chi connectivity index (χ3v) is 6.87. The van der Waals surface area contributed by atoms with Crippen LogP contribution in [0.5, 0.6) is 5.75 Å². The number of urea groups is 1. The van der Waals surface area contributed by atoms with Crippen LogP contribution in [0.2, 0.25) is 15.1 Å². The van der Waals surface area contributed by atoms with E-state index in [9.17, 15) is 19.1 Å². The van der Waals surface area contributed by atoms with Gasteiger partial charge in [-0.25, -0.2) is 14.0 Å². The van der Waals surface area contributed by atoms with Gasteiger partial charge in [0.1, 0.15) is 11.6 Å². The Hall–Kier alpha value is -3.26. The number of hydrogen-bond donors (Lipinski definition) is 2. The van der Waals surface area contributed by atoms with Crippen LogP contribution in [0.3, 0.4) is 0 Å². The summed E-state index contributed by atoms with van der Waals surface area (Å²) in [4.78, 5) is 26.0. The molecule has 0 bridgehead atoms. The topological polar surface area (TPSA) is 78.9 Å². The van der Waals surface area contributed by atoms with Gasteiger partial charge in [0.25, 0.3) is 0 Å². The molecular formula is C28H26Cl3FN2O4. The molecule has 2 amide bonds. The number of nitrogens with one attached hydrogen (secondary N) is 1. The Morgan fingerprint density at radius 2 is 1.68 bits per heavy atom. The molecule has 1 atom stereocenters. The van der Waals surface area contributed by atoms with Crippen LogP contribution in [-0.4, -0.2) is 34.2 Å². The lowest BCUT2D eigenvalue weighted by Crippen LogP contribution is -2.37. The predicted octanol–water partition coefficient (Wildman–Crippen LogP) is 8.34. The van der Waals surface area contributed by atoms with E-state index in [2.05, 4.69) is 5.32 Å². The van der Waals surface area contributed by atoms with Gasteiger partial charge in [-0.15, -0.1) is 0 Å². The van der Waals surface area contributed by atoms with Gasteiger partial charge in [-0.2, -0.15) is 0 Å². The van der Waals surface area contributed by atoms with Crippen molar-refractivity contribution in [1.82, 2.24) is 4.90 Å². The lowest BCUT2D eigenvalue weighted by molar-refractivity contribution is -0.152. The number of nitrogens with zero attached hydrogens (tertiary/aromatic N) is 1. The van der Waals surface area contributed by atoms with Gasteiger partial charge in [-0.05, 0) is 62.7 Å². The number of rotatable bonds is 9. The summed E-state index contributed by atoms with van der Waals surface area (Å²) in [7, 11) is 0. The number of carbonyl (C=O) groups is 2. The highest BCUT2D eigenvalue weighted by molar-refractivity contribution is 6.44. The Morgan fingerprint density at radius 3 is 2.32 bits per heavy atom. The van der Waals surface area contributed by atoms with Gasteiger partial charge >= 0.3 is 12.0 Å². The van der Waals surface area contributed by atoms with Crippen LogP contribution < -0.4 is 10.1 Å². The molecule has 3 rings (SSSR count). The first-order chi connectivity index (χ1) is 17.9. The van der Waals surface area contributed by atoms with E-state index in [1.807, 2.05) is 0 Å². The minimum atomic E-state index is -1.37. The highest BCUT2D eigenvalue weighted by Crippen LogP contribution is 2.33. The molecule has 38 heavy (non-hydrogen) atoms. The number of halogens is 4. The Bertz CT molecular complexity index is 1330. The SMILES string of the molecule is CC(c1c(F)cccc1Cl)N(CC=Cc1ccc(OC(C)(C)C(=O)O)cc1)C(=O)Nc1cccc(Cl)c1Cl. The Balaban J connectivity index is 1.83. The quantitative estimate of drug-likeness (QED) is 0.267. The number of hydrogen-bond acceptors (Lipinski definition) is 3. The second-order valence-corrected chi connectivity index (χ2v) is 10.1. The maximum absolute atomic E-state index is 14.7. The van der Waals surface area contributed by atoms with Crippen molar-refractivity contribution >= 4 is 58.6 Å². The molecule has 0 heterocycles. The van der Waals surface area contributed by atoms with Gasteiger partial charge in [-0.1, -0.05) is 71.2 Å². The molecular weight excluding hydrogens is 554 g/mol. The van der Waals surface area contributed by atoms with Crippen LogP contribution in [0.1, 0.15) is 37.9 Å². The molecule has 0 aliphatic rings. The number of carboxylic acids is 1. The van der Waals surface area contributed by atoms with Crippen molar-refractivity contribution in [2.24, 2.45) is 0 Å². The zero-order valence-electron chi connectivity index (χ0n) is 20.8. The van der Waals surface area contributed by atoms with E-state index in [4.69, 9.17) is 39.5 Å². The summed E-state index contributed by atoms with van der Waals surface area (Å²) < 4.78 is 20.2. The highest BCUT2D eigenvalue weighted by atomic mass is 35.5. The monoisotopic (exact) mass is 578 g/mol. The number of benzene rings is 3. The number of anilines is 1. The van der Waals surface area contributed by atoms with E-state index < -0.39 is 29.5 Å². The second kappa shape index (κ2) is 12.5. The summed E-state index contributed by atoms with van der Waals surface area (Å²) >= 11 is 18.6. The molecule has 3 aromatic carbocycles. The minimum absolute atomic E-state index is 0.0974. The average molecular weight is 580 g/mol. The number of carboxylic acid groups (broad SMARTS) is 1. The third-order valence-electron chi connectivity index (χ3n) is 5.72. The molecule has 0 aliphatic heterocycles. The molecule has 0 saturated heterocycles. The van der Waals surface area contributed by atoms with Crippen molar-refractivity contribution in [2.45, 2.75) is 32.4 Å². The van der Waals surface area contributed by atoms with Gasteiger partial charge in [0.05, 0.1) is 21.8 Å². The summed E-state index contributed by atoms with van der Waals surface area (Å²) in [6.45, 7) is 4.69. The standard InChI is InChI=1S/C28H26Cl3FN2O4/c1-17(24-20(29)8-4-10-22(24)32)34(27(37)33-23-11-5-9-21(30)25(23)31)16-6-7-18-12-14-19(15-13-18)38-28(2,3)26(35)36/h4-15,17H,16H2,1-3H3,(H,33,37)(H,35,36). The van der Waals surface area contributed by atoms with Gasteiger partial charge in [0.15, 0.2) is 5.60 Å². The minimum Gasteiger partial charge on any atom is -0.478 e. The van der Waals surface area contributed by atoms with Crippen molar-refractivity contribution in [3.63, 3.8) is 0 Å². The fourth-order valence-electron chi connectivity index (χ4n) is 3.56. The summed E-state index contributed by atoms with van der Waals surface area (Å²) in [5.74, 6) is -1.22. The normalized spacial score (nSPS) is 12.3. The van der Waals surface area contributed by atoms with Crippen molar-refractivity contribution < 1.29 is 23.8 Å². The van der Waals surface area contributed by atoms with E-state index in [1.54, 1.807) is 67.6 Å². The molecule has 6 nitrogen and oxygen atoms in total. The van der Waals surface area contributed by atoms with Crippen LogP contribution >= 0.6 is 34.8 Å². The molecule has 0 saturated carbocycles. The summed E-state index contributed by atoms with van der Waals surface area (Å²) in [5, 5.41) is 12.6. The molecule has 3 aromatic rings. The lowest BCUT2D eigenvalue weighted by atomic mass is 10.1. The van der Waals surface area contributed by atoms with E-state index in [0.717, 1.165) is 5.56 Å². The first-order valence-corrected chi connectivity index (χ1v) is 12.7. The molecule has 0 aliphatic carbocycles. The van der Waals surface area contributed by atoms with Crippen LogP contribution in [0.15, 0.2) is 66.7 Å².